The van der Waals surface area contributed by atoms with Gasteiger partial charge in [-0.15, -0.1) is 11.3 Å². The van der Waals surface area contributed by atoms with Gasteiger partial charge in [0.2, 0.25) is 5.89 Å². The smallest absolute Gasteiger partial charge is 0.227 e. The van der Waals surface area contributed by atoms with Gasteiger partial charge in [-0.2, -0.15) is 0 Å². The molecular formula is C47H28N2O2S. The first-order valence-corrected chi connectivity index (χ1v) is 18.2. The van der Waals surface area contributed by atoms with Crippen LogP contribution in [-0.2, 0) is 0 Å². The van der Waals surface area contributed by atoms with Gasteiger partial charge in [0.05, 0.1) is 21.5 Å². The molecule has 0 amide bonds. The lowest BCUT2D eigenvalue weighted by molar-refractivity contribution is 0.619. The summed E-state index contributed by atoms with van der Waals surface area (Å²) in [4.78, 5) is 7.20. The molecule has 0 aliphatic carbocycles. The van der Waals surface area contributed by atoms with Gasteiger partial charge in [0, 0.05) is 37.5 Å². The van der Waals surface area contributed by atoms with Crippen LogP contribution in [0.3, 0.4) is 0 Å². The molecule has 3 aromatic heterocycles. The van der Waals surface area contributed by atoms with Gasteiger partial charge in [-0.25, -0.2) is 4.98 Å². The molecule has 0 fully saturated rings. The number of thiophene rings is 1. The molecule has 4 nitrogen and oxygen atoms in total. The molecule has 0 spiro atoms. The fourth-order valence-electron chi connectivity index (χ4n) is 7.64. The van der Waals surface area contributed by atoms with Crippen LogP contribution in [0, 0.1) is 0 Å². The number of furan rings is 1. The van der Waals surface area contributed by atoms with Crippen LogP contribution in [-0.4, -0.2) is 4.98 Å². The van der Waals surface area contributed by atoms with Crippen LogP contribution in [0.4, 0.5) is 17.1 Å². The maximum atomic E-state index is 6.88. The summed E-state index contributed by atoms with van der Waals surface area (Å²) in [6.07, 6.45) is 0. The number of benzene rings is 8. The Morgan fingerprint density at radius 2 is 1.21 bits per heavy atom. The number of fused-ring (bicyclic) bond motifs is 9. The Kier molecular flexibility index (Phi) is 6.39. The van der Waals surface area contributed by atoms with Crippen LogP contribution in [0.2, 0.25) is 0 Å². The molecular weight excluding hydrogens is 657 g/mol. The first-order valence-electron chi connectivity index (χ1n) is 17.4. The van der Waals surface area contributed by atoms with Crippen molar-refractivity contribution >= 4 is 92.4 Å². The highest BCUT2D eigenvalue weighted by atomic mass is 32.1. The average Bonchev–Trinajstić information content (AvgIpc) is 3.93. The van der Waals surface area contributed by atoms with Gasteiger partial charge in [0.15, 0.2) is 5.58 Å². The molecule has 11 rings (SSSR count). The van der Waals surface area contributed by atoms with Crippen LogP contribution in [0.25, 0.3) is 86.6 Å². The van der Waals surface area contributed by atoms with E-state index < -0.39 is 0 Å². The van der Waals surface area contributed by atoms with Crippen molar-refractivity contribution in [3.63, 3.8) is 0 Å². The van der Waals surface area contributed by atoms with E-state index in [0.717, 1.165) is 66.4 Å². The zero-order valence-corrected chi connectivity index (χ0v) is 28.6. The summed E-state index contributed by atoms with van der Waals surface area (Å²) < 4.78 is 15.6. The molecule has 0 bridgehead atoms. The zero-order valence-electron chi connectivity index (χ0n) is 27.8. The molecule has 0 saturated carbocycles. The maximum Gasteiger partial charge on any atom is 0.227 e. The van der Waals surface area contributed by atoms with Crippen molar-refractivity contribution in [1.82, 2.24) is 4.98 Å². The molecule has 8 aromatic carbocycles. The van der Waals surface area contributed by atoms with E-state index in [4.69, 9.17) is 13.8 Å². The Balaban J connectivity index is 1.19. The summed E-state index contributed by atoms with van der Waals surface area (Å²) >= 11 is 1.84. The van der Waals surface area contributed by atoms with Crippen molar-refractivity contribution in [3.8, 4) is 22.6 Å². The molecule has 0 aliphatic heterocycles. The molecule has 5 heteroatoms. The Hall–Kier alpha value is -6.69. The fraction of sp³-hybridized carbons (Fsp3) is 0. The predicted molar refractivity (Wildman–Crippen MR) is 217 cm³/mol. The lowest BCUT2D eigenvalue weighted by Crippen LogP contribution is -2.10. The minimum Gasteiger partial charge on any atom is -0.455 e. The summed E-state index contributed by atoms with van der Waals surface area (Å²) in [7, 11) is 0. The van der Waals surface area contributed by atoms with Crippen molar-refractivity contribution in [2.24, 2.45) is 0 Å². The van der Waals surface area contributed by atoms with Crippen molar-refractivity contribution in [2.45, 2.75) is 0 Å². The number of rotatable bonds is 5. The summed E-state index contributed by atoms with van der Waals surface area (Å²) in [6, 6.07) is 59.8. The van der Waals surface area contributed by atoms with Gasteiger partial charge in [-0.05, 0) is 77.2 Å². The van der Waals surface area contributed by atoms with Gasteiger partial charge < -0.3 is 13.7 Å². The first-order chi connectivity index (χ1) is 25.8. The van der Waals surface area contributed by atoms with E-state index in [2.05, 4.69) is 150 Å². The van der Waals surface area contributed by atoms with Gasteiger partial charge in [0.25, 0.3) is 0 Å². The summed E-state index contributed by atoms with van der Waals surface area (Å²) in [6.45, 7) is 0. The van der Waals surface area contributed by atoms with Crippen LogP contribution in [0.1, 0.15) is 0 Å². The second kappa shape index (κ2) is 11.4. The minimum absolute atomic E-state index is 0.574. The third-order valence-corrected chi connectivity index (χ3v) is 11.3. The molecule has 3 heterocycles. The molecule has 0 unspecified atom stereocenters. The molecule has 0 N–H and O–H groups in total. The SMILES string of the molecule is c1ccc(-c2ccc(N(c3cccc4c3sc3ccccc34)c3cc4ccccc4c4oc5cc(-c6nc7ccccc7o6)ccc5c34)cc2)cc1. The maximum absolute atomic E-state index is 6.88. The molecule has 0 aliphatic rings. The predicted octanol–water partition coefficient (Wildman–Crippen LogP) is 14.1. The molecule has 0 atom stereocenters. The largest absolute Gasteiger partial charge is 0.455 e. The number of para-hydroxylation sites is 2. The number of hydrogen-bond donors (Lipinski definition) is 0. The van der Waals surface area contributed by atoms with Crippen LogP contribution >= 0.6 is 11.3 Å². The van der Waals surface area contributed by atoms with E-state index >= 15 is 0 Å². The lowest BCUT2D eigenvalue weighted by Gasteiger charge is -2.27. The van der Waals surface area contributed by atoms with Gasteiger partial charge in [0.1, 0.15) is 16.7 Å². The van der Waals surface area contributed by atoms with E-state index in [1.807, 2.05) is 35.6 Å². The molecule has 0 saturated heterocycles. The Labute approximate surface area is 302 Å². The van der Waals surface area contributed by atoms with E-state index in [-0.39, 0.29) is 0 Å². The number of oxazole rings is 1. The van der Waals surface area contributed by atoms with Gasteiger partial charge in [-0.1, -0.05) is 109 Å². The number of nitrogens with zero attached hydrogens (tertiary/aromatic N) is 2. The topological polar surface area (TPSA) is 42.4 Å². The molecule has 11 aromatic rings. The number of aromatic nitrogens is 1. The third kappa shape index (κ3) is 4.50. The molecule has 0 radical (unpaired) electrons. The van der Waals surface area contributed by atoms with Crippen molar-refractivity contribution in [3.05, 3.63) is 170 Å². The first kappa shape index (κ1) is 29.1. The number of hydrogen-bond acceptors (Lipinski definition) is 5. The zero-order chi connectivity index (χ0) is 34.2. The fourth-order valence-corrected chi connectivity index (χ4v) is 8.85. The van der Waals surface area contributed by atoms with Crippen LogP contribution in [0.5, 0.6) is 0 Å². The van der Waals surface area contributed by atoms with Crippen molar-refractivity contribution in [1.29, 1.82) is 0 Å². The lowest BCUT2D eigenvalue weighted by atomic mass is 10.0. The quantitative estimate of drug-likeness (QED) is 0.181. The van der Waals surface area contributed by atoms with E-state index in [1.54, 1.807) is 0 Å². The Morgan fingerprint density at radius 1 is 0.481 bits per heavy atom. The van der Waals surface area contributed by atoms with E-state index in [0.29, 0.717) is 5.89 Å². The molecule has 244 valence electrons. The highest BCUT2D eigenvalue weighted by Crippen LogP contribution is 2.50. The Morgan fingerprint density at radius 3 is 2.10 bits per heavy atom. The Bertz CT molecular complexity index is 3100. The molecule has 52 heavy (non-hydrogen) atoms. The monoisotopic (exact) mass is 684 g/mol. The van der Waals surface area contributed by atoms with Crippen LogP contribution in [0.15, 0.2) is 179 Å². The summed E-state index contributed by atoms with van der Waals surface area (Å²) in [5, 5.41) is 6.79. The summed E-state index contributed by atoms with van der Waals surface area (Å²) in [5.41, 5.74) is 9.72. The second-order valence-corrected chi connectivity index (χ2v) is 14.2. The van der Waals surface area contributed by atoms with Crippen molar-refractivity contribution < 1.29 is 8.83 Å². The van der Waals surface area contributed by atoms with E-state index in [1.165, 1.54) is 31.3 Å². The average molecular weight is 685 g/mol. The summed E-state index contributed by atoms with van der Waals surface area (Å²) in [5.74, 6) is 0.574. The van der Waals surface area contributed by atoms with Crippen LogP contribution < -0.4 is 4.90 Å². The third-order valence-electron chi connectivity index (χ3n) is 10.1. The standard InChI is InChI=1S/C47H28N2O2S/c1-2-11-29(12-3-1)30-21-24-33(25-22-30)49(39-18-10-16-36-35-15-6-9-20-43(35)52-46(36)39)40-27-31-13-4-5-14-34(31)45-44(40)37-26-23-32(28-42(37)50-45)47-48-38-17-7-8-19-41(38)51-47/h1-28H. The normalized spacial score (nSPS) is 11.8. The second-order valence-electron chi connectivity index (χ2n) is 13.1. The van der Waals surface area contributed by atoms with Crippen molar-refractivity contribution in [2.75, 3.05) is 4.90 Å². The number of anilines is 3. The van der Waals surface area contributed by atoms with Gasteiger partial charge in [-0.3, -0.25) is 0 Å². The van der Waals surface area contributed by atoms with Gasteiger partial charge >= 0.3 is 0 Å². The highest BCUT2D eigenvalue weighted by molar-refractivity contribution is 7.26. The highest BCUT2D eigenvalue weighted by Gasteiger charge is 2.24. The minimum atomic E-state index is 0.574. The van der Waals surface area contributed by atoms with E-state index in [9.17, 15) is 0 Å².